The van der Waals surface area contributed by atoms with Gasteiger partial charge in [0.25, 0.3) is 0 Å². The Kier molecular flexibility index (Phi) is 2.44. The van der Waals surface area contributed by atoms with Gasteiger partial charge in [0.2, 0.25) is 0 Å². The van der Waals surface area contributed by atoms with Crippen LogP contribution in [0.5, 0.6) is 5.75 Å². The fraction of sp³-hybridized carbons (Fsp3) is 0.455. The number of aliphatic hydroxyl groups is 1. The van der Waals surface area contributed by atoms with Crippen molar-refractivity contribution in [2.75, 3.05) is 20.3 Å². The van der Waals surface area contributed by atoms with Crippen molar-refractivity contribution in [2.45, 2.75) is 12.0 Å². The molecule has 1 heterocycles. The van der Waals surface area contributed by atoms with Crippen molar-refractivity contribution in [3.8, 4) is 5.75 Å². The molecule has 0 amide bonds. The molecule has 0 radical (unpaired) electrons. The van der Waals surface area contributed by atoms with Gasteiger partial charge in [0.1, 0.15) is 11.4 Å². The molecule has 0 aromatic heterocycles. The summed E-state index contributed by atoms with van der Waals surface area (Å²) in [5, 5.41) is 10.2. The molecule has 1 N–H and O–H groups in total. The lowest BCUT2D eigenvalue weighted by Gasteiger charge is -2.20. The maximum atomic E-state index is 10.2. The molecule has 76 valence electrons. The summed E-state index contributed by atoms with van der Waals surface area (Å²) in [6, 6.07) is 7.47. The highest BCUT2D eigenvalue weighted by molar-refractivity contribution is 5.31. The predicted octanol–water partition coefficient (Wildman–Crippen LogP) is 1.30. The van der Waals surface area contributed by atoms with E-state index < -0.39 is 5.60 Å². The van der Waals surface area contributed by atoms with Gasteiger partial charge in [-0.25, -0.2) is 0 Å². The molecule has 2 rings (SSSR count). The first-order valence-corrected chi connectivity index (χ1v) is 4.69. The van der Waals surface area contributed by atoms with E-state index in [1.54, 1.807) is 7.11 Å². The van der Waals surface area contributed by atoms with Crippen molar-refractivity contribution >= 4 is 0 Å². The third-order valence-electron chi connectivity index (χ3n) is 2.63. The predicted molar refractivity (Wildman–Crippen MR) is 52.3 cm³/mol. The molecule has 1 unspecified atom stereocenters. The topological polar surface area (TPSA) is 38.7 Å². The van der Waals surface area contributed by atoms with Crippen molar-refractivity contribution in [2.24, 2.45) is 0 Å². The summed E-state index contributed by atoms with van der Waals surface area (Å²) in [6.45, 7) is 1.02. The van der Waals surface area contributed by atoms with E-state index in [2.05, 4.69) is 0 Å². The standard InChI is InChI=1S/C11H14O3/c1-13-10-4-2-9(3-5-10)11(12)6-7-14-8-11/h2-5,12H,6-8H2,1H3. The molecule has 0 aliphatic carbocycles. The minimum atomic E-state index is -0.799. The molecule has 0 bridgehead atoms. The molecule has 1 saturated heterocycles. The quantitative estimate of drug-likeness (QED) is 0.771. The lowest BCUT2D eigenvalue weighted by atomic mass is 9.93. The summed E-state index contributed by atoms with van der Waals surface area (Å²) < 4.78 is 10.2. The van der Waals surface area contributed by atoms with E-state index in [-0.39, 0.29) is 0 Å². The molecule has 1 fully saturated rings. The Morgan fingerprint density at radius 2 is 2.07 bits per heavy atom. The molecule has 14 heavy (non-hydrogen) atoms. The van der Waals surface area contributed by atoms with Crippen LogP contribution in [0, 0.1) is 0 Å². The molecular weight excluding hydrogens is 180 g/mol. The van der Waals surface area contributed by atoms with Crippen LogP contribution in [-0.4, -0.2) is 25.4 Å². The third kappa shape index (κ3) is 1.61. The summed E-state index contributed by atoms with van der Waals surface area (Å²) >= 11 is 0. The largest absolute Gasteiger partial charge is 0.497 e. The van der Waals surface area contributed by atoms with Crippen molar-refractivity contribution in [1.29, 1.82) is 0 Å². The first-order valence-electron chi connectivity index (χ1n) is 4.69. The number of benzene rings is 1. The molecule has 1 aliphatic rings. The van der Waals surface area contributed by atoms with Gasteiger partial charge in [0, 0.05) is 13.0 Å². The van der Waals surface area contributed by atoms with Crippen LogP contribution in [0.3, 0.4) is 0 Å². The van der Waals surface area contributed by atoms with Crippen LogP contribution in [0.25, 0.3) is 0 Å². The number of ether oxygens (including phenoxy) is 2. The van der Waals surface area contributed by atoms with Crippen LogP contribution in [0.2, 0.25) is 0 Å². The van der Waals surface area contributed by atoms with E-state index in [1.807, 2.05) is 24.3 Å². The maximum absolute atomic E-state index is 10.2. The van der Waals surface area contributed by atoms with Crippen LogP contribution in [0.15, 0.2) is 24.3 Å². The summed E-state index contributed by atoms with van der Waals surface area (Å²) in [5.74, 6) is 0.802. The molecule has 0 spiro atoms. The van der Waals surface area contributed by atoms with Gasteiger partial charge in [0.05, 0.1) is 13.7 Å². The molecule has 3 heteroatoms. The minimum absolute atomic E-state index is 0.388. The van der Waals surface area contributed by atoms with Crippen LogP contribution in [0.1, 0.15) is 12.0 Å². The van der Waals surface area contributed by atoms with Gasteiger partial charge in [-0.2, -0.15) is 0 Å². The molecule has 1 aromatic carbocycles. The molecule has 3 nitrogen and oxygen atoms in total. The molecular formula is C11H14O3. The average Bonchev–Trinajstić information content (AvgIpc) is 2.67. The summed E-state index contributed by atoms with van der Waals surface area (Å²) in [7, 11) is 1.63. The minimum Gasteiger partial charge on any atom is -0.497 e. The highest BCUT2D eigenvalue weighted by atomic mass is 16.5. The zero-order chi connectivity index (χ0) is 10.0. The smallest absolute Gasteiger partial charge is 0.118 e. The van der Waals surface area contributed by atoms with E-state index in [0.717, 1.165) is 11.3 Å². The Labute approximate surface area is 83.3 Å². The number of methoxy groups -OCH3 is 1. The molecule has 0 saturated carbocycles. The average molecular weight is 194 g/mol. The number of hydrogen-bond donors (Lipinski definition) is 1. The van der Waals surface area contributed by atoms with Crippen molar-refractivity contribution in [3.63, 3.8) is 0 Å². The third-order valence-corrected chi connectivity index (χ3v) is 2.63. The van der Waals surface area contributed by atoms with Gasteiger partial charge >= 0.3 is 0 Å². The van der Waals surface area contributed by atoms with Gasteiger partial charge in [-0.05, 0) is 17.7 Å². The van der Waals surface area contributed by atoms with Crippen LogP contribution in [0.4, 0.5) is 0 Å². The lowest BCUT2D eigenvalue weighted by Crippen LogP contribution is -2.25. The molecule has 1 atom stereocenters. The second kappa shape index (κ2) is 3.59. The van der Waals surface area contributed by atoms with E-state index in [1.165, 1.54) is 0 Å². The van der Waals surface area contributed by atoms with Gasteiger partial charge in [-0.3, -0.25) is 0 Å². The monoisotopic (exact) mass is 194 g/mol. The first kappa shape index (κ1) is 9.49. The fourth-order valence-electron chi connectivity index (χ4n) is 1.68. The van der Waals surface area contributed by atoms with Crippen LogP contribution in [-0.2, 0) is 10.3 Å². The van der Waals surface area contributed by atoms with E-state index >= 15 is 0 Å². The van der Waals surface area contributed by atoms with Gasteiger partial charge in [-0.15, -0.1) is 0 Å². The van der Waals surface area contributed by atoms with Gasteiger partial charge < -0.3 is 14.6 Å². The summed E-state index contributed by atoms with van der Waals surface area (Å²) in [5.41, 5.74) is 0.0996. The Bertz CT molecular complexity index is 299. The Hall–Kier alpha value is -1.06. The first-order chi connectivity index (χ1) is 6.74. The number of rotatable bonds is 2. The zero-order valence-electron chi connectivity index (χ0n) is 8.19. The van der Waals surface area contributed by atoms with Crippen LogP contribution >= 0.6 is 0 Å². The lowest BCUT2D eigenvalue weighted by molar-refractivity contribution is 0.0232. The Morgan fingerprint density at radius 3 is 2.57 bits per heavy atom. The Balaban J connectivity index is 2.23. The number of hydrogen-bond acceptors (Lipinski definition) is 3. The van der Waals surface area contributed by atoms with E-state index in [4.69, 9.17) is 9.47 Å². The van der Waals surface area contributed by atoms with Crippen molar-refractivity contribution < 1.29 is 14.6 Å². The summed E-state index contributed by atoms with van der Waals surface area (Å²) in [6.07, 6.45) is 0.666. The Morgan fingerprint density at radius 1 is 1.36 bits per heavy atom. The van der Waals surface area contributed by atoms with Crippen molar-refractivity contribution in [3.05, 3.63) is 29.8 Å². The molecule has 1 aliphatic heterocycles. The molecule has 1 aromatic rings. The van der Waals surface area contributed by atoms with Gasteiger partial charge in [-0.1, -0.05) is 12.1 Å². The van der Waals surface area contributed by atoms with Crippen molar-refractivity contribution in [1.82, 2.24) is 0 Å². The SMILES string of the molecule is COc1ccc(C2(O)CCOC2)cc1. The second-order valence-corrected chi connectivity index (χ2v) is 3.56. The highest BCUT2D eigenvalue weighted by Crippen LogP contribution is 2.30. The van der Waals surface area contributed by atoms with Crippen LogP contribution < -0.4 is 4.74 Å². The van der Waals surface area contributed by atoms with Gasteiger partial charge in [0.15, 0.2) is 0 Å². The normalized spacial score (nSPS) is 26.4. The zero-order valence-corrected chi connectivity index (χ0v) is 8.19. The highest BCUT2D eigenvalue weighted by Gasteiger charge is 2.33. The van der Waals surface area contributed by atoms with E-state index in [9.17, 15) is 5.11 Å². The van der Waals surface area contributed by atoms with E-state index in [0.29, 0.717) is 19.6 Å². The summed E-state index contributed by atoms with van der Waals surface area (Å²) in [4.78, 5) is 0. The fourth-order valence-corrected chi connectivity index (χ4v) is 1.68. The maximum Gasteiger partial charge on any atom is 0.118 e. The second-order valence-electron chi connectivity index (χ2n) is 3.56.